The van der Waals surface area contributed by atoms with Gasteiger partial charge in [0.25, 0.3) is 0 Å². The molecule has 3 rings (SSSR count). The second kappa shape index (κ2) is 7.38. The van der Waals surface area contributed by atoms with E-state index in [0.717, 1.165) is 31.6 Å². The number of nitrogens with zero attached hydrogens (tertiary/aromatic N) is 3. The van der Waals surface area contributed by atoms with Crippen molar-refractivity contribution < 1.29 is 4.79 Å². The number of aromatic nitrogens is 2. The number of hydrogen-bond acceptors (Lipinski definition) is 3. The molecule has 1 aromatic carbocycles. The lowest BCUT2D eigenvalue weighted by molar-refractivity contribution is 0.249. The maximum absolute atomic E-state index is 12.1. The number of rotatable bonds is 5. The van der Waals surface area contributed by atoms with E-state index in [-0.39, 0.29) is 6.03 Å². The first-order chi connectivity index (χ1) is 11.6. The van der Waals surface area contributed by atoms with Crippen LogP contribution in [0.25, 0.3) is 0 Å². The fourth-order valence-corrected chi connectivity index (χ4v) is 3.10. The number of carbonyl (C=O) groups excluding carboxylic acids is 1. The van der Waals surface area contributed by atoms with Crippen LogP contribution in [0.4, 0.5) is 16.2 Å². The van der Waals surface area contributed by atoms with Gasteiger partial charge in [0.2, 0.25) is 0 Å². The number of carbonyl (C=O) groups is 1. The van der Waals surface area contributed by atoms with Crippen LogP contribution in [0.5, 0.6) is 0 Å². The van der Waals surface area contributed by atoms with Gasteiger partial charge >= 0.3 is 6.03 Å². The first-order valence-electron chi connectivity index (χ1n) is 8.48. The van der Waals surface area contributed by atoms with E-state index < -0.39 is 0 Å². The fraction of sp³-hybridized carbons (Fsp3) is 0.444. The van der Waals surface area contributed by atoms with E-state index in [2.05, 4.69) is 46.7 Å². The molecule has 128 valence electrons. The minimum absolute atomic E-state index is 0.161. The third-order valence-corrected chi connectivity index (χ3v) is 4.36. The minimum atomic E-state index is -0.161. The molecule has 2 heterocycles. The summed E-state index contributed by atoms with van der Waals surface area (Å²) in [6.45, 7) is 4.59. The standard InChI is InChI=1S/C18H25N5O/c1-14(13-23-10-4-8-20-23)12-19-18(24)21-16-6-7-17-15(11-16)5-3-9-22(17)2/h4,6-8,10-11,14H,3,5,9,12-13H2,1-2H3,(H2,19,21,24)/t14-/m0/s1. The maximum atomic E-state index is 12.1. The molecule has 2 N–H and O–H groups in total. The number of fused-ring (bicyclic) bond motifs is 1. The van der Waals surface area contributed by atoms with Crippen LogP contribution in [0.15, 0.2) is 36.7 Å². The monoisotopic (exact) mass is 327 g/mol. The Morgan fingerprint density at radius 1 is 1.42 bits per heavy atom. The highest BCUT2D eigenvalue weighted by Gasteiger charge is 2.14. The Bertz CT molecular complexity index is 683. The zero-order valence-electron chi connectivity index (χ0n) is 14.3. The molecule has 0 saturated carbocycles. The molecule has 1 atom stereocenters. The molecule has 6 heteroatoms. The number of benzene rings is 1. The fourth-order valence-electron chi connectivity index (χ4n) is 3.10. The van der Waals surface area contributed by atoms with Gasteiger partial charge in [-0.3, -0.25) is 4.68 Å². The second-order valence-electron chi connectivity index (χ2n) is 6.54. The predicted molar refractivity (Wildman–Crippen MR) is 96.4 cm³/mol. The molecule has 6 nitrogen and oxygen atoms in total. The Hall–Kier alpha value is -2.50. The molecule has 0 aliphatic carbocycles. The van der Waals surface area contributed by atoms with Gasteiger partial charge in [0.05, 0.1) is 0 Å². The molecule has 1 aliphatic rings. The molecule has 24 heavy (non-hydrogen) atoms. The van der Waals surface area contributed by atoms with Crippen molar-refractivity contribution in [2.75, 3.05) is 30.4 Å². The minimum Gasteiger partial charge on any atom is -0.374 e. The van der Waals surface area contributed by atoms with E-state index in [1.165, 1.54) is 11.3 Å². The Labute approximate surface area is 142 Å². The second-order valence-corrected chi connectivity index (χ2v) is 6.54. The highest BCUT2D eigenvalue weighted by molar-refractivity contribution is 5.89. The summed E-state index contributed by atoms with van der Waals surface area (Å²) in [7, 11) is 2.11. The van der Waals surface area contributed by atoms with Crippen molar-refractivity contribution in [1.82, 2.24) is 15.1 Å². The van der Waals surface area contributed by atoms with E-state index in [0.29, 0.717) is 12.5 Å². The van der Waals surface area contributed by atoms with Gasteiger partial charge in [-0.05, 0) is 48.6 Å². The summed E-state index contributed by atoms with van der Waals surface area (Å²) in [4.78, 5) is 14.4. The van der Waals surface area contributed by atoms with E-state index in [4.69, 9.17) is 0 Å². The highest BCUT2D eigenvalue weighted by Crippen LogP contribution is 2.28. The zero-order chi connectivity index (χ0) is 16.9. The van der Waals surface area contributed by atoms with Crippen molar-refractivity contribution in [2.45, 2.75) is 26.3 Å². The normalized spacial score (nSPS) is 14.8. The summed E-state index contributed by atoms with van der Waals surface area (Å²) in [5, 5.41) is 10.0. The van der Waals surface area contributed by atoms with Crippen molar-refractivity contribution >= 4 is 17.4 Å². The van der Waals surface area contributed by atoms with Gasteiger partial charge in [-0.25, -0.2) is 4.79 Å². The Morgan fingerprint density at radius 3 is 3.08 bits per heavy atom. The van der Waals surface area contributed by atoms with E-state index >= 15 is 0 Å². The zero-order valence-corrected chi connectivity index (χ0v) is 14.3. The average molecular weight is 327 g/mol. The van der Waals surface area contributed by atoms with Gasteiger partial charge in [0, 0.05) is 50.5 Å². The summed E-state index contributed by atoms with van der Waals surface area (Å²) in [5.74, 6) is 0.313. The molecule has 0 unspecified atom stereocenters. The SMILES string of the molecule is C[C@@H](CNC(=O)Nc1ccc2c(c1)CCCN2C)Cn1cccn1. The smallest absolute Gasteiger partial charge is 0.319 e. The van der Waals surface area contributed by atoms with Crippen LogP contribution in [-0.4, -0.2) is 35.9 Å². The van der Waals surface area contributed by atoms with Crippen molar-refractivity contribution in [3.63, 3.8) is 0 Å². The van der Waals surface area contributed by atoms with Crippen molar-refractivity contribution in [1.29, 1.82) is 0 Å². The number of urea groups is 1. The molecule has 0 spiro atoms. The third kappa shape index (κ3) is 4.07. The average Bonchev–Trinajstić information content (AvgIpc) is 3.06. The van der Waals surface area contributed by atoms with E-state index in [1.54, 1.807) is 6.20 Å². The van der Waals surface area contributed by atoms with Crippen molar-refractivity contribution in [3.05, 3.63) is 42.2 Å². The van der Waals surface area contributed by atoms with Crippen LogP contribution in [0.1, 0.15) is 18.9 Å². The quantitative estimate of drug-likeness (QED) is 0.887. The molecule has 1 aromatic heterocycles. The molecule has 2 amide bonds. The van der Waals surface area contributed by atoms with Gasteiger partial charge < -0.3 is 15.5 Å². The van der Waals surface area contributed by atoms with Crippen molar-refractivity contribution in [3.8, 4) is 0 Å². The largest absolute Gasteiger partial charge is 0.374 e. The Kier molecular flexibility index (Phi) is 5.03. The molecule has 0 radical (unpaired) electrons. The number of aryl methyl sites for hydroxylation is 1. The van der Waals surface area contributed by atoms with Crippen LogP contribution in [0, 0.1) is 5.92 Å². The van der Waals surface area contributed by atoms with Crippen LogP contribution in [0.2, 0.25) is 0 Å². The lowest BCUT2D eigenvalue weighted by Crippen LogP contribution is -2.33. The number of nitrogens with one attached hydrogen (secondary N) is 2. The Morgan fingerprint density at radius 2 is 2.29 bits per heavy atom. The molecule has 0 bridgehead atoms. The molecule has 0 saturated heterocycles. The number of hydrogen-bond donors (Lipinski definition) is 2. The summed E-state index contributed by atoms with van der Waals surface area (Å²) in [5.41, 5.74) is 3.41. The van der Waals surface area contributed by atoms with E-state index in [9.17, 15) is 4.79 Å². The highest BCUT2D eigenvalue weighted by atomic mass is 16.2. The van der Waals surface area contributed by atoms with Crippen molar-refractivity contribution in [2.24, 2.45) is 5.92 Å². The first-order valence-corrected chi connectivity index (χ1v) is 8.48. The van der Waals surface area contributed by atoms with Gasteiger partial charge in [-0.15, -0.1) is 0 Å². The van der Waals surface area contributed by atoms with Gasteiger partial charge in [-0.2, -0.15) is 5.10 Å². The third-order valence-electron chi connectivity index (χ3n) is 4.36. The first kappa shape index (κ1) is 16.4. The van der Waals surface area contributed by atoms with Gasteiger partial charge in [0.1, 0.15) is 0 Å². The van der Waals surface area contributed by atoms with Gasteiger partial charge in [0.15, 0.2) is 0 Å². The maximum Gasteiger partial charge on any atom is 0.319 e. The van der Waals surface area contributed by atoms with E-state index in [1.807, 2.05) is 23.0 Å². The molecular weight excluding hydrogens is 302 g/mol. The summed E-state index contributed by atoms with van der Waals surface area (Å²) in [6.07, 6.45) is 5.92. The number of anilines is 2. The topological polar surface area (TPSA) is 62.2 Å². The van der Waals surface area contributed by atoms with Crippen LogP contribution in [-0.2, 0) is 13.0 Å². The summed E-state index contributed by atoms with van der Waals surface area (Å²) < 4.78 is 1.88. The molecule has 1 aliphatic heterocycles. The number of amides is 2. The van der Waals surface area contributed by atoms with Crippen LogP contribution < -0.4 is 15.5 Å². The predicted octanol–water partition coefficient (Wildman–Crippen LogP) is 2.72. The molecule has 2 aromatic rings. The molecular formula is C18H25N5O. The summed E-state index contributed by atoms with van der Waals surface area (Å²) >= 11 is 0. The van der Waals surface area contributed by atoms with Gasteiger partial charge in [-0.1, -0.05) is 6.92 Å². The molecule has 0 fully saturated rings. The Balaban J connectivity index is 1.50. The lowest BCUT2D eigenvalue weighted by atomic mass is 10.0. The van der Waals surface area contributed by atoms with Crippen LogP contribution >= 0.6 is 0 Å². The van der Waals surface area contributed by atoms with Crippen LogP contribution in [0.3, 0.4) is 0 Å². The summed E-state index contributed by atoms with van der Waals surface area (Å²) in [6, 6.07) is 7.88. The lowest BCUT2D eigenvalue weighted by Gasteiger charge is -2.27.